The molecule has 0 spiro atoms. The van der Waals surface area contributed by atoms with Gasteiger partial charge >= 0.3 is 5.97 Å². The van der Waals surface area contributed by atoms with Gasteiger partial charge in [0.05, 0.1) is 24.9 Å². The van der Waals surface area contributed by atoms with E-state index in [1.54, 1.807) is 6.07 Å². The second-order valence-corrected chi connectivity index (χ2v) is 7.72. The molecule has 0 aliphatic rings. The summed E-state index contributed by atoms with van der Waals surface area (Å²) in [5, 5.41) is 6.92. The Morgan fingerprint density at radius 1 is 1.00 bits per heavy atom. The highest BCUT2D eigenvalue weighted by molar-refractivity contribution is 6.08. The topological polar surface area (TPSA) is 97.6 Å². The summed E-state index contributed by atoms with van der Waals surface area (Å²) in [4.78, 5) is 36.6. The number of hydrogen-bond acceptors (Lipinski definition) is 5. The van der Waals surface area contributed by atoms with Crippen LogP contribution in [0.25, 0.3) is 21.7 Å². The predicted molar refractivity (Wildman–Crippen MR) is 121 cm³/mol. The lowest BCUT2D eigenvalue weighted by molar-refractivity contribution is -0.154. The fraction of sp³-hybridized carbons (Fsp3) is 0.160. The molecule has 10 heteroatoms. The number of hydrogen-bond donors (Lipinski definition) is 2. The van der Waals surface area contributed by atoms with E-state index in [0.717, 1.165) is 22.2 Å². The van der Waals surface area contributed by atoms with Crippen molar-refractivity contribution >= 4 is 45.2 Å². The minimum Gasteiger partial charge on any atom is -0.464 e. The molecule has 4 rings (SSSR count). The minimum absolute atomic E-state index is 0.144. The second kappa shape index (κ2) is 9.88. The summed E-state index contributed by atoms with van der Waals surface area (Å²) in [6.45, 7) is 0.709. The van der Waals surface area contributed by atoms with E-state index in [-0.39, 0.29) is 6.42 Å². The minimum atomic E-state index is -1.73. The monoisotopic (exact) mass is 484 g/mol. The van der Waals surface area contributed by atoms with Gasteiger partial charge in [-0.05, 0) is 35.9 Å². The third-order valence-electron chi connectivity index (χ3n) is 5.28. The van der Waals surface area contributed by atoms with Crippen molar-refractivity contribution in [1.29, 1.82) is 0 Å². The van der Waals surface area contributed by atoms with Crippen molar-refractivity contribution in [1.82, 2.24) is 5.32 Å². The molecule has 35 heavy (non-hydrogen) atoms. The molecule has 0 aliphatic carbocycles. The van der Waals surface area contributed by atoms with Crippen LogP contribution in [0, 0.1) is 17.5 Å². The number of furan rings is 1. The number of fused-ring (bicyclic) bond motifs is 3. The van der Waals surface area contributed by atoms with E-state index in [1.165, 1.54) is 13.2 Å². The maximum atomic E-state index is 13.7. The SMILES string of the molecule is CC(OC(=O)Cc1coc2ccc3ccccc3c12)C(=O)NCC(=O)Nc1ccc(F)c(F)c1F. The first-order valence-corrected chi connectivity index (χ1v) is 10.5. The van der Waals surface area contributed by atoms with Gasteiger partial charge in [0.1, 0.15) is 5.58 Å². The Kier molecular flexibility index (Phi) is 6.72. The van der Waals surface area contributed by atoms with E-state index < -0.39 is 53.6 Å². The third kappa shape index (κ3) is 5.11. The Balaban J connectivity index is 1.33. The molecule has 3 aromatic carbocycles. The van der Waals surface area contributed by atoms with Crippen LogP contribution in [0.2, 0.25) is 0 Å². The van der Waals surface area contributed by atoms with Gasteiger partial charge in [0.25, 0.3) is 5.91 Å². The summed E-state index contributed by atoms with van der Waals surface area (Å²) in [7, 11) is 0. The van der Waals surface area contributed by atoms with E-state index in [9.17, 15) is 27.6 Å². The maximum absolute atomic E-state index is 13.7. The first kappa shape index (κ1) is 23.8. The molecule has 1 heterocycles. The lowest BCUT2D eigenvalue weighted by Crippen LogP contribution is -2.40. The quantitative estimate of drug-likeness (QED) is 0.302. The molecule has 1 atom stereocenters. The molecule has 4 aromatic rings. The van der Waals surface area contributed by atoms with Crippen molar-refractivity contribution in [3.8, 4) is 0 Å². The van der Waals surface area contributed by atoms with Crippen LogP contribution in [0.5, 0.6) is 0 Å². The predicted octanol–water partition coefficient (Wildman–Crippen LogP) is 4.23. The number of carbonyl (C=O) groups is 3. The average molecular weight is 484 g/mol. The number of carbonyl (C=O) groups excluding carboxylic acids is 3. The van der Waals surface area contributed by atoms with Gasteiger partial charge in [-0.15, -0.1) is 0 Å². The number of esters is 1. The summed E-state index contributed by atoms with van der Waals surface area (Å²) >= 11 is 0. The molecule has 2 N–H and O–H groups in total. The normalized spacial score (nSPS) is 11.9. The van der Waals surface area contributed by atoms with Crippen LogP contribution >= 0.6 is 0 Å². The summed E-state index contributed by atoms with van der Waals surface area (Å²) in [5.74, 6) is -7.05. The molecule has 0 fully saturated rings. The number of ether oxygens (including phenoxy) is 1. The molecule has 2 amide bonds. The van der Waals surface area contributed by atoms with Crippen molar-refractivity contribution in [3.05, 3.63) is 77.8 Å². The molecular formula is C25H19F3N2O5. The fourth-order valence-electron chi connectivity index (χ4n) is 3.58. The molecule has 0 radical (unpaired) electrons. The Labute approximate surface area is 196 Å². The van der Waals surface area contributed by atoms with Crippen LogP contribution in [0.1, 0.15) is 12.5 Å². The van der Waals surface area contributed by atoms with Crippen LogP contribution in [0.4, 0.5) is 18.9 Å². The van der Waals surface area contributed by atoms with E-state index in [2.05, 4.69) is 5.32 Å². The van der Waals surface area contributed by atoms with Crippen molar-refractivity contribution in [2.24, 2.45) is 0 Å². The standard InChI is InChI=1S/C25H19F3N2O5/c1-13(25(33)29-11-20(31)30-18-8-7-17(26)23(27)24(18)28)35-21(32)10-15-12-34-19-9-6-14-4-2-3-5-16(14)22(15)19/h2-9,12-13H,10-11H2,1H3,(H,29,33)(H,30,31). The Bertz CT molecular complexity index is 1450. The van der Waals surface area contributed by atoms with Crippen LogP contribution < -0.4 is 10.6 Å². The summed E-state index contributed by atoms with van der Waals surface area (Å²) in [6.07, 6.45) is 0.0875. The van der Waals surface area contributed by atoms with Gasteiger partial charge in [0, 0.05) is 10.9 Å². The zero-order valence-corrected chi connectivity index (χ0v) is 18.4. The molecule has 180 valence electrons. The highest BCUT2D eigenvalue weighted by Gasteiger charge is 2.21. The molecule has 0 saturated heterocycles. The maximum Gasteiger partial charge on any atom is 0.311 e. The van der Waals surface area contributed by atoms with Gasteiger partial charge in [0.15, 0.2) is 23.6 Å². The number of benzene rings is 3. The van der Waals surface area contributed by atoms with Gasteiger partial charge in [-0.1, -0.05) is 30.3 Å². The van der Waals surface area contributed by atoms with Gasteiger partial charge in [-0.25, -0.2) is 13.2 Å². The largest absolute Gasteiger partial charge is 0.464 e. The highest BCUT2D eigenvalue weighted by atomic mass is 19.2. The van der Waals surface area contributed by atoms with E-state index >= 15 is 0 Å². The van der Waals surface area contributed by atoms with Crippen molar-refractivity contribution < 1.29 is 36.7 Å². The Hall–Kier alpha value is -4.34. The molecular weight excluding hydrogens is 465 g/mol. The van der Waals surface area contributed by atoms with Gasteiger partial charge in [-0.3, -0.25) is 14.4 Å². The van der Waals surface area contributed by atoms with Crippen molar-refractivity contribution in [2.75, 3.05) is 11.9 Å². The Morgan fingerprint density at radius 2 is 1.77 bits per heavy atom. The van der Waals surface area contributed by atoms with E-state index in [4.69, 9.17) is 9.15 Å². The van der Waals surface area contributed by atoms with Crippen LogP contribution in [0.15, 0.2) is 59.2 Å². The van der Waals surface area contributed by atoms with Crippen LogP contribution in [0.3, 0.4) is 0 Å². The van der Waals surface area contributed by atoms with Crippen LogP contribution in [-0.4, -0.2) is 30.4 Å². The average Bonchev–Trinajstić information content (AvgIpc) is 3.25. The number of rotatable bonds is 7. The first-order chi connectivity index (χ1) is 16.7. The number of nitrogens with one attached hydrogen (secondary N) is 2. The smallest absolute Gasteiger partial charge is 0.311 e. The number of anilines is 1. The lowest BCUT2D eigenvalue weighted by atomic mass is 10.0. The van der Waals surface area contributed by atoms with Crippen molar-refractivity contribution in [2.45, 2.75) is 19.4 Å². The van der Waals surface area contributed by atoms with Crippen LogP contribution in [-0.2, 0) is 25.5 Å². The van der Waals surface area contributed by atoms with Gasteiger partial charge in [0.2, 0.25) is 5.91 Å². The van der Waals surface area contributed by atoms with E-state index in [0.29, 0.717) is 17.2 Å². The lowest BCUT2D eigenvalue weighted by Gasteiger charge is -2.13. The number of halogens is 3. The summed E-state index contributed by atoms with van der Waals surface area (Å²) in [5.41, 5.74) is 0.630. The zero-order chi connectivity index (χ0) is 25.1. The molecule has 0 saturated carbocycles. The van der Waals surface area contributed by atoms with Crippen molar-refractivity contribution in [3.63, 3.8) is 0 Å². The zero-order valence-electron chi connectivity index (χ0n) is 18.4. The second-order valence-electron chi connectivity index (χ2n) is 7.72. The summed E-state index contributed by atoms with van der Waals surface area (Å²) in [6, 6.07) is 12.8. The number of amides is 2. The molecule has 1 unspecified atom stereocenters. The molecule has 7 nitrogen and oxygen atoms in total. The highest BCUT2D eigenvalue weighted by Crippen LogP contribution is 2.30. The summed E-state index contributed by atoms with van der Waals surface area (Å²) < 4.78 is 50.6. The Morgan fingerprint density at radius 3 is 2.57 bits per heavy atom. The fourth-order valence-corrected chi connectivity index (χ4v) is 3.58. The first-order valence-electron chi connectivity index (χ1n) is 10.5. The van der Waals surface area contributed by atoms with E-state index in [1.807, 2.05) is 35.6 Å². The van der Waals surface area contributed by atoms with Gasteiger partial charge < -0.3 is 19.8 Å². The molecule has 0 aliphatic heterocycles. The molecule has 1 aromatic heterocycles. The third-order valence-corrected chi connectivity index (χ3v) is 5.28. The molecule has 0 bridgehead atoms. The van der Waals surface area contributed by atoms with Gasteiger partial charge in [-0.2, -0.15) is 0 Å².